The summed E-state index contributed by atoms with van der Waals surface area (Å²) in [5.41, 5.74) is 0. The van der Waals surface area contributed by atoms with Gasteiger partial charge in [-0.05, 0) is 6.42 Å². The zero-order chi connectivity index (χ0) is 7.28. The van der Waals surface area contributed by atoms with E-state index in [9.17, 15) is 4.79 Å². The van der Waals surface area contributed by atoms with E-state index in [1.165, 1.54) is 6.08 Å². The molecule has 0 spiro atoms. The summed E-state index contributed by atoms with van der Waals surface area (Å²) in [5, 5.41) is 16.1. The number of rotatable bonds is 3. The molecule has 9 heavy (non-hydrogen) atoms. The van der Waals surface area contributed by atoms with Gasteiger partial charge < -0.3 is 10.2 Å². The topological polar surface area (TPSA) is 57.5 Å². The Morgan fingerprint density at radius 1 is 1.67 bits per heavy atom. The minimum Gasteiger partial charge on any atom is -0.477 e. The average Bonchev–Trinajstić information content (AvgIpc) is 1.82. The Morgan fingerprint density at radius 2 is 2.22 bits per heavy atom. The normalized spacial score (nSPS) is 11.6. The summed E-state index contributed by atoms with van der Waals surface area (Å²) < 4.78 is 0. The van der Waals surface area contributed by atoms with E-state index < -0.39 is 5.97 Å². The summed E-state index contributed by atoms with van der Waals surface area (Å²) in [6.45, 7) is -0.0799. The van der Waals surface area contributed by atoms with Gasteiger partial charge >= 0.3 is 5.97 Å². The van der Waals surface area contributed by atoms with Crippen molar-refractivity contribution in [3.8, 4) is 0 Å². The van der Waals surface area contributed by atoms with Gasteiger partial charge in [-0.25, -0.2) is 4.79 Å². The van der Waals surface area contributed by atoms with Crippen LogP contribution in [0.2, 0.25) is 0 Å². The number of carboxylic acids is 1. The highest BCUT2D eigenvalue weighted by Crippen LogP contribution is 2.01. The molecule has 0 atom stereocenters. The molecule has 52 valence electrons. The lowest BCUT2D eigenvalue weighted by Crippen LogP contribution is -1.93. The highest BCUT2D eigenvalue weighted by Gasteiger charge is 1.99. The lowest BCUT2D eigenvalue weighted by molar-refractivity contribution is -0.131. The van der Waals surface area contributed by atoms with Gasteiger partial charge in [0.2, 0.25) is 0 Å². The Kier molecular flexibility index (Phi) is 4.09. The molecular weight excluding hydrogens is 144 g/mol. The van der Waals surface area contributed by atoms with Crippen LogP contribution in [0.5, 0.6) is 0 Å². The van der Waals surface area contributed by atoms with Crippen LogP contribution in [0.4, 0.5) is 0 Å². The van der Waals surface area contributed by atoms with Crippen molar-refractivity contribution in [3.05, 3.63) is 11.1 Å². The first-order valence-corrected chi connectivity index (χ1v) is 2.76. The van der Waals surface area contributed by atoms with Crippen molar-refractivity contribution < 1.29 is 15.0 Å². The maximum absolute atomic E-state index is 9.92. The third-order valence-electron chi connectivity index (χ3n) is 0.657. The number of aliphatic hydroxyl groups excluding tert-OH is 1. The lowest BCUT2D eigenvalue weighted by Gasteiger charge is -1.87. The van der Waals surface area contributed by atoms with Crippen LogP contribution >= 0.6 is 11.6 Å². The molecule has 0 radical (unpaired) electrons. The molecule has 0 aromatic carbocycles. The monoisotopic (exact) mass is 150 g/mol. The molecule has 0 unspecified atom stereocenters. The Balaban J connectivity index is 3.69. The van der Waals surface area contributed by atoms with Crippen LogP contribution in [0.25, 0.3) is 0 Å². The molecule has 3 nitrogen and oxygen atoms in total. The molecule has 0 aromatic heterocycles. The molecule has 0 aliphatic carbocycles. The predicted molar refractivity (Wildman–Crippen MR) is 33.3 cm³/mol. The summed E-state index contributed by atoms with van der Waals surface area (Å²) in [5.74, 6) is -1.16. The third kappa shape index (κ3) is 4.00. The molecule has 4 heteroatoms. The zero-order valence-electron chi connectivity index (χ0n) is 4.67. The van der Waals surface area contributed by atoms with Crippen molar-refractivity contribution in [2.75, 3.05) is 6.61 Å². The maximum atomic E-state index is 9.92. The number of carbonyl (C=O) groups is 1. The van der Waals surface area contributed by atoms with Crippen LogP contribution in [0.3, 0.4) is 0 Å². The van der Waals surface area contributed by atoms with Gasteiger partial charge in [0.05, 0.1) is 0 Å². The highest BCUT2D eigenvalue weighted by molar-refractivity contribution is 6.40. The van der Waals surface area contributed by atoms with Gasteiger partial charge in [0.1, 0.15) is 5.03 Å². The van der Waals surface area contributed by atoms with Gasteiger partial charge in [0, 0.05) is 6.61 Å². The quantitative estimate of drug-likeness (QED) is 0.579. The SMILES string of the molecule is O=C(O)C(Cl)=CCCO. The molecular formula is C5H7ClO3. The van der Waals surface area contributed by atoms with Crippen LogP contribution in [-0.4, -0.2) is 22.8 Å². The first-order valence-electron chi connectivity index (χ1n) is 2.38. The molecule has 0 saturated carbocycles. The molecule has 0 heterocycles. The van der Waals surface area contributed by atoms with Crippen LogP contribution in [0, 0.1) is 0 Å². The van der Waals surface area contributed by atoms with Crippen molar-refractivity contribution in [1.82, 2.24) is 0 Å². The molecule has 0 amide bonds. The summed E-state index contributed by atoms with van der Waals surface area (Å²) in [6.07, 6.45) is 1.54. The molecule has 0 saturated heterocycles. The Hall–Kier alpha value is -0.540. The minimum absolute atomic E-state index is 0.0799. The fourth-order valence-corrected chi connectivity index (χ4v) is 0.388. The molecule has 0 aliphatic heterocycles. The van der Waals surface area contributed by atoms with E-state index in [1.807, 2.05) is 0 Å². The zero-order valence-corrected chi connectivity index (χ0v) is 5.43. The highest BCUT2D eigenvalue weighted by atomic mass is 35.5. The summed E-state index contributed by atoms with van der Waals surface area (Å²) in [7, 11) is 0. The molecule has 0 bridgehead atoms. The smallest absolute Gasteiger partial charge is 0.346 e. The van der Waals surface area contributed by atoms with Gasteiger partial charge in [0.15, 0.2) is 0 Å². The number of hydrogen-bond donors (Lipinski definition) is 2. The molecule has 0 aliphatic rings. The second kappa shape index (κ2) is 4.35. The Morgan fingerprint density at radius 3 is 2.56 bits per heavy atom. The van der Waals surface area contributed by atoms with E-state index in [2.05, 4.69) is 0 Å². The van der Waals surface area contributed by atoms with Gasteiger partial charge in [-0.3, -0.25) is 0 Å². The molecule has 0 aromatic rings. The average molecular weight is 151 g/mol. The van der Waals surface area contributed by atoms with Gasteiger partial charge in [0.25, 0.3) is 0 Å². The number of aliphatic carboxylic acids is 1. The summed E-state index contributed by atoms with van der Waals surface area (Å²) in [4.78, 5) is 9.92. The standard InChI is InChI=1S/C5H7ClO3/c6-4(5(8)9)2-1-3-7/h2,7H,1,3H2,(H,8,9). The first-order chi connectivity index (χ1) is 4.18. The van der Waals surface area contributed by atoms with E-state index in [0.717, 1.165) is 0 Å². The van der Waals surface area contributed by atoms with E-state index in [4.69, 9.17) is 21.8 Å². The van der Waals surface area contributed by atoms with Crippen LogP contribution < -0.4 is 0 Å². The molecule has 0 fully saturated rings. The van der Waals surface area contributed by atoms with E-state index in [-0.39, 0.29) is 18.1 Å². The van der Waals surface area contributed by atoms with Crippen molar-refractivity contribution in [2.24, 2.45) is 0 Å². The fourth-order valence-electron chi connectivity index (χ4n) is 0.279. The van der Waals surface area contributed by atoms with E-state index in [0.29, 0.717) is 0 Å². The molecule has 0 rings (SSSR count). The van der Waals surface area contributed by atoms with Crippen molar-refractivity contribution in [3.63, 3.8) is 0 Å². The van der Waals surface area contributed by atoms with Crippen molar-refractivity contribution in [2.45, 2.75) is 6.42 Å². The summed E-state index contributed by atoms with van der Waals surface area (Å²) >= 11 is 5.14. The van der Waals surface area contributed by atoms with Crippen LogP contribution in [0.1, 0.15) is 6.42 Å². The maximum Gasteiger partial charge on any atom is 0.346 e. The fraction of sp³-hybridized carbons (Fsp3) is 0.400. The van der Waals surface area contributed by atoms with Crippen molar-refractivity contribution in [1.29, 1.82) is 0 Å². The Labute approximate surface area is 57.6 Å². The first kappa shape index (κ1) is 8.46. The number of hydrogen-bond acceptors (Lipinski definition) is 2. The van der Waals surface area contributed by atoms with Crippen molar-refractivity contribution >= 4 is 17.6 Å². The molecule has 2 N–H and O–H groups in total. The largest absolute Gasteiger partial charge is 0.477 e. The summed E-state index contributed by atoms with van der Waals surface area (Å²) in [6, 6.07) is 0. The number of carboxylic acid groups (broad SMARTS) is 1. The Bertz CT molecular complexity index is 130. The number of halogens is 1. The van der Waals surface area contributed by atoms with Crippen LogP contribution in [0.15, 0.2) is 11.1 Å². The predicted octanol–water partition coefficient (Wildman–Crippen LogP) is 0.576. The van der Waals surface area contributed by atoms with Crippen LogP contribution in [-0.2, 0) is 4.79 Å². The second-order valence-electron chi connectivity index (χ2n) is 1.37. The van der Waals surface area contributed by atoms with Gasteiger partial charge in [-0.1, -0.05) is 17.7 Å². The van der Waals surface area contributed by atoms with E-state index >= 15 is 0 Å². The minimum atomic E-state index is -1.16. The van der Waals surface area contributed by atoms with E-state index in [1.54, 1.807) is 0 Å². The second-order valence-corrected chi connectivity index (χ2v) is 1.78. The third-order valence-corrected chi connectivity index (χ3v) is 0.973. The van der Waals surface area contributed by atoms with Gasteiger partial charge in [-0.15, -0.1) is 0 Å². The van der Waals surface area contributed by atoms with Gasteiger partial charge in [-0.2, -0.15) is 0 Å². The number of aliphatic hydroxyl groups is 1. The lowest BCUT2D eigenvalue weighted by atomic mass is 10.4.